The molecule has 3 nitrogen and oxygen atoms in total. The van der Waals surface area contributed by atoms with Crippen molar-refractivity contribution in [1.29, 1.82) is 0 Å². The highest BCUT2D eigenvalue weighted by molar-refractivity contribution is 8.14. The molecule has 0 amide bonds. The lowest BCUT2D eigenvalue weighted by Gasteiger charge is -2.14. The predicted octanol–water partition coefficient (Wildman–Crippen LogP) is 3.69. The van der Waals surface area contributed by atoms with Gasteiger partial charge in [-0.05, 0) is 42.0 Å². The number of thioether (sulfide) groups is 1. The van der Waals surface area contributed by atoms with Crippen molar-refractivity contribution in [2.24, 2.45) is 10.1 Å². The Morgan fingerprint density at radius 2 is 1.57 bits per heavy atom. The van der Waals surface area contributed by atoms with E-state index in [-0.39, 0.29) is 11.6 Å². The normalized spacial score (nSPS) is 16.5. The van der Waals surface area contributed by atoms with Crippen LogP contribution in [0, 0.1) is 11.6 Å². The summed E-state index contributed by atoms with van der Waals surface area (Å²) in [6, 6.07) is 12.1. The Balaban J connectivity index is 1.74. The van der Waals surface area contributed by atoms with Crippen LogP contribution in [-0.4, -0.2) is 16.6 Å². The largest absolute Gasteiger partial charge is 0.255 e. The van der Waals surface area contributed by atoms with Gasteiger partial charge in [0.1, 0.15) is 11.6 Å². The molecule has 1 N–H and O–H groups in total. The number of hydrogen-bond acceptors (Lipinski definition) is 3. The summed E-state index contributed by atoms with van der Waals surface area (Å²) in [6.45, 7) is 0. The van der Waals surface area contributed by atoms with Gasteiger partial charge in [0.15, 0.2) is 5.17 Å². The zero-order valence-corrected chi connectivity index (χ0v) is 11.7. The predicted molar refractivity (Wildman–Crippen MR) is 82.0 cm³/mol. The van der Waals surface area contributed by atoms with Gasteiger partial charge in [-0.25, -0.2) is 13.8 Å². The summed E-state index contributed by atoms with van der Waals surface area (Å²) in [7, 11) is 0. The van der Waals surface area contributed by atoms with Crippen molar-refractivity contribution >= 4 is 28.3 Å². The molecule has 0 radical (unpaired) electrons. The van der Waals surface area contributed by atoms with Crippen LogP contribution in [0.1, 0.15) is 5.56 Å². The third-order valence-corrected chi connectivity index (χ3v) is 3.74. The van der Waals surface area contributed by atoms with E-state index in [9.17, 15) is 8.78 Å². The van der Waals surface area contributed by atoms with Gasteiger partial charge >= 0.3 is 0 Å². The van der Waals surface area contributed by atoms with Crippen LogP contribution >= 0.6 is 11.8 Å². The van der Waals surface area contributed by atoms with E-state index in [0.29, 0.717) is 16.6 Å². The van der Waals surface area contributed by atoms with E-state index in [0.717, 1.165) is 11.3 Å². The fourth-order valence-corrected chi connectivity index (χ4v) is 2.58. The van der Waals surface area contributed by atoms with Gasteiger partial charge in [0, 0.05) is 5.75 Å². The molecule has 3 rings (SSSR count). The third-order valence-electron chi connectivity index (χ3n) is 2.87. The SMILES string of the molecule is Fc1ccc(N=C2NN=C(c3ccc(F)cc3)CS2)cc1. The van der Waals surface area contributed by atoms with Gasteiger partial charge in [-0.1, -0.05) is 23.9 Å². The van der Waals surface area contributed by atoms with Crippen LogP contribution in [-0.2, 0) is 0 Å². The van der Waals surface area contributed by atoms with Crippen molar-refractivity contribution in [2.75, 3.05) is 5.75 Å². The molecule has 6 heteroatoms. The molecule has 2 aromatic carbocycles. The number of rotatable bonds is 2. The number of nitrogens with one attached hydrogen (secondary N) is 1. The van der Waals surface area contributed by atoms with Crippen LogP contribution in [0.25, 0.3) is 0 Å². The first kappa shape index (κ1) is 13.8. The number of benzene rings is 2. The molecule has 0 saturated carbocycles. The summed E-state index contributed by atoms with van der Waals surface area (Å²) in [5.41, 5.74) is 5.22. The topological polar surface area (TPSA) is 36.8 Å². The zero-order chi connectivity index (χ0) is 14.7. The molecule has 0 fully saturated rings. The minimum atomic E-state index is -0.292. The lowest BCUT2D eigenvalue weighted by atomic mass is 10.1. The second-order valence-electron chi connectivity index (χ2n) is 4.36. The van der Waals surface area contributed by atoms with Crippen molar-refractivity contribution in [3.63, 3.8) is 0 Å². The Bertz CT molecular complexity index is 694. The molecule has 0 bridgehead atoms. The third kappa shape index (κ3) is 3.46. The van der Waals surface area contributed by atoms with Crippen molar-refractivity contribution < 1.29 is 8.78 Å². The fourth-order valence-electron chi connectivity index (χ4n) is 1.80. The average Bonchev–Trinajstić information content (AvgIpc) is 2.51. The Morgan fingerprint density at radius 1 is 0.952 bits per heavy atom. The van der Waals surface area contributed by atoms with Crippen LogP contribution in [0.15, 0.2) is 58.6 Å². The second kappa shape index (κ2) is 6.05. The van der Waals surface area contributed by atoms with E-state index in [1.807, 2.05) is 0 Å². The highest BCUT2D eigenvalue weighted by Crippen LogP contribution is 2.18. The lowest BCUT2D eigenvalue weighted by molar-refractivity contribution is 0.627. The van der Waals surface area contributed by atoms with E-state index < -0.39 is 0 Å². The molecule has 0 saturated heterocycles. The highest BCUT2D eigenvalue weighted by Gasteiger charge is 2.13. The Kier molecular flexibility index (Phi) is 3.96. The van der Waals surface area contributed by atoms with E-state index >= 15 is 0 Å². The molecule has 0 unspecified atom stereocenters. The number of hydrazone groups is 1. The standard InChI is InChI=1S/C15H11F2N3S/c16-11-3-1-10(2-4-11)14-9-21-15(20-19-14)18-13-7-5-12(17)6-8-13/h1-8H,9H2,(H,18,20). The molecular formula is C15H11F2N3S. The second-order valence-corrected chi connectivity index (χ2v) is 5.32. The molecule has 1 heterocycles. The van der Waals surface area contributed by atoms with Gasteiger partial charge in [-0.15, -0.1) is 0 Å². The Morgan fingerprint density at radius 3 is 2.14 bits per heavy atom. The quantitative estimate of drug-likeness (QED) is 0.918. The monoisotopic (exact) mass is 303 g/mol. The van der Waals surface area contributed by atoms with E-state index in [1.54, 1.807) is 24.3 Å². The van der Waals surface area contributed by atoms with Crippen LogP contribution in [0.4, 0.5) is 14.5 Å². The van der Waals surface area contributed by atoms with Crippen LogP contribution in [0.2, 0.25) is 0 Å². The highest BCUT2D eigenvalue weighted by atomic mass is 32.2. The maximum Gasteiger partial charge on any atom is 0.182 e. The van der Waals surface area contributed by atoms with Crippen molar-refractivity contribution in [2.45, 2.75) is 0 Å². The van der Waals surface area contributed by atoms with Gasteiger partial charge in [-0.3, -0.25) is 5.43 Å². The summed E-state index contributed by atoms with van der Waals surface area (Å²) in [5, 5.41) is 4.89. The van der Waals surface area contributed by atoms with Crippen molar-refractivity contribution in [1.82, 2.24) is 5.43 Å². The molecule has 0 aromatic heterocycles. The molecule has 2 aromatic rings. The van der Waals surface area contributed by atoms with Gasteiger partial charge in [0.25, 0.3) is 0 Å². The Hall–Kier alpha value is -2.21. The average molecular weight is 303 g/mol. The number of aliphatic imine (C=N–C) groups is 1. The summed E-state index contributed by atoms with van der Waals surface area (Å²) >= 11 is 1.49. The first-order valence-corrected chi connectivity index (χ1v) is 7.25. The molecule has 0 aliphatic carbocycles. The summed E-state index contributed by atoms with van der Waals surface area (Å²) < 4.78 is 25.7. The van der Waals surface area contributed by atoms with Crippen molar-refractivity contribution in [3.05, 3.63) is 65.7 Å². The molecule has 106 valence electrons. The van der Waals surface area contributed by atoms with E-state index in [1.165, 1.54) is 36.0 Å². The Labute approximate surface area is 124 Å². The number of hydrogen-bond donors (Lipinski definition) is 1. The van der Waals surface area contributed by atoms with Crippen molar-refractivity contribution in [3.8, 4) is 0 Å². The van der Waals surface area contributed by atoms with Gasteiger partial charge < -0.3 is 0 Å². The molecule has 0 atom stereocenters. The smallest absolute Gasteiger partial charge is 0.182 e. The molecule has 1 aliphatic heterocycles. The zero-order valence-electron chi connectivity index (χ0n) is 10.9. The molecular weight excluding hydrogens is 292 g/mol. The lowest BCUT2D eigenvalue weighted by Crippen LogP contribution is -2.25. The minimum Gasteiger partial charge on any atom is -0.255 e. The van der Waals surface area contributed by atoms with Crippen LogP contribution in [0.3, 0.4) is 0 Å². The summed E-state index contributed by atoms with van der Waals surface area (Å²) in [6.07, 6.45) is 0. The van der Waals surface area contributed by atoms with Crippen LogP contribution in [0.5, 0.6) is 0 Å². The van der Waals surface area contributed by atoms with Gasteiger partial charge in [-0.2, -0.15) is 5.10 Å². The number of amidine groups is 1. The molecule has 21 heavy (non-hydrogen) atoms. The van der Waals surface area contributed by atoms with E-state index in [4.69, 9.17) is 0 Å². The number of halogens is 2. The minimum absolute atomic E-state index is 0.269. The van der Waals surface area contributed by atoms with E-state index in [2.05, 4.69) is 15.5 Å². The maximum absolute atomic E-state index is 12.9. The molecule has 0 spiro atoms. The number of nitrogens with zero attached hydrogens (tertiary/aromatic N) is 2. The summed E-state index contributed by atoms with van der Waals surface area (Å²) in [4.78, 5) is 4.34. The van der Waals surface area contributed by atoms with Gasteiger partial charge in [0.2, 0.25) is 0 Å². The fraction of sp³-hybridized carbons (Fsp3) is 0.0667. The molecule has 1 aliphatic rings. The van der Waals surface area contributed by atoms with Gasteiger partial charge in [0.05, 0.1) is 11.4 Å². The van der Waals surface area contributed by atoms with Crippen LogP contribution < -0.4 is 5.43 Å². The first-order valence-electron chi connectivity index (χ1n) is 6.26. The first-order chi connectivity index (χ1) is 10.2. The summed E-state index contributed by atoms with van der Waals surface area (Å²) in [5.74, 6) is 0.0766. The maximum atomic E-state index is 12.9.